The molecule has 0 amide bonds. The zero-order chi connectivity index (χ0) is 21.0. The van der Waals surface area contributed by atoms with Crippen molar-refractivity contribution < 1.29 is 18.1 Å². The second kappa shape index (κ2) is 8.89. The summed E-state index contributed by atoms with van der Waals surface area (Å²) in [5.41, 5.74) is 0.658. The Labute approximate surface area is 170 Å². The third-order valence-corrected chi connectivity index (χ3v) is 6.69. The summed E-state index contributed by atoms with van der Waals surface area (Å²) >= 11 is 0. The van der Waals surface area contributed by atoms with Gasteiger partial charge in [-0.3, -0.25) is 15.0 Å². The van der Waals surface area contributed by atoms with E-state index in [4.69, 9.17) is 4.74 Å². The molecule has 0 unspecified atom stereocenters. The molecule has 156 valence electrons. The van der Waals surface area contributed by atoms with E-state index >= 15 is 0 Å². The van der Waals surface area contributed by atoms with E-state index in [1.807, 2.05) is 38.1 Å². The van der Waals surface area contributed by atoms with Gasteiger partial charge in [-0.25, -0.2) is 8.42 Å². The molecule has 0 bridgehead atoms. The molecule has 0 N–H and O–H groups in total. The first-order valence-corrected chi connectivity index (χ1v) is 10.9. The van der Waals surface area contributed by atoms with Crippen molar-refractivity contribution in [2.24, 2.45) is 0 Å². The lowest BCUT2D eigenvalue weighted by Gasteiger charge is -2.34. The summed E-state index contributed by atoms with van der Waals surface area (Å²) in [6.07, 6.45) is 0.0693. The van der Waals surface area contributed by atoms with Gasteiger partial charge >= 0.3 is 0 Å². The van der Waals surface area contributed by atoms with Crippen LogP contribution in [0, 0.1) is 10.1 Å². The van der Waals surface area contributed by atoms with Gasteiger partial charge in [-0.1, -0.05) is 30.3 Å². The minimum atomic E-state index is -3.92. The Kier molecular flexibility index (Phi) is 6.51. The molecule has 2 aromatic rings. The van der Waals surface area contributed by atoms with Crippen LogP contribution < -0.4 is 4.74 Å². The summed E-state index contributed by atoms with van der Waals surface area (Å²) in [4.78, 5) is 12.5. The molecule has 0 aromatic heterocycles. The second-order valence-electron chi connectivity index (χ2n) is 7.18. The molecule has 0 saturated carbocycles. The zero-order valence-electron chi connectivity index (χ0n) is 16.5. The van der Waals surface area contributed by atoms with E-state index < -0.39 is 20.6 Å². The Morgan fingerprint density at radius 3 is 2.31 bits per heavy atom. The molecule has 1 aliphatic heterocycles. The normalized spacial score (nSPS) is 16.1. The van der Waals surface area contributed by atoms with E-state index in [0.717, 1.165) is 11.3 Å². The van der Waals surface area contributed by atoms with Crippen LogP contribution in [0.4, 0.5) is 5.69 Å². The maximum Gasteiger partial charge on any atom is 0.289 e. The number of para-hydroxylation sites is 2. The topological polar surface area (TPSA) is 93.0 Å². The van der Waals surface area contributed by atoms with Crippen molar-refractivity contribution in [3.05, 3.63) is 64.2 Å². The van der Waals surface area contributed by atoms with Gasteiger partial charge in [0, 0.05) is 44.4 Å². The molecule has 1 saturated heterocycles. The molecule has 1 aliphatic rings. The first-order chi connectivity index (χ1) is 13.8. The SMILES string of the molecule is CC(C)Oc1ccccc1CN1CCN(S(=O)(=O)c2ccccc2[N+](=O)[O-])CC1. The van der Waals surface area contributed by atoms with E-state index in [9.17, 15) is 18.5 Å². The summed E-state index contributed by atoms with van der Waals surface area (Å²) < 4.78 is 33.1. The predicted molar refractivity (Wildman–Crippen MR) is 109 cm³/mol. The lowest BCUT2D eigenvalue weighted by molar-refractivity contribution is -0.387. The van der Waals surface area contributed by atoms with E-state index in [1.54, 1.807) is 0 Å². The Morgan fingerprint density at radius 2 is 1.66 bits per heavy atom. The van der Waals surface area contributed by atoms with Crippen LogP contribution in [0.3, 0.4) is 0 Å². The number of nitro benzene ring substituents is 1. The fourth-order valence-electron chi connectivity index (χ4n) is 3.34. The van der Waals surface area contributed by atoms with Gasteiger partial charge in [0.1, 0.15) is 5.75 Å². The standard InChI is InChI=1S/C20H25N3O5S/c1-16(2)28-19-9-5-3-7-17(19)15-21-11-13-22(14-12-21)29(26,27)20-10-6-4-8-18(20)23(24)25/h3-10,16H,11-15H2,1-2H3. The molecular weight excluding hydrogens is 394 g/mol. The van der Waals surface area contributed by atoms with Gasteiger partial charge in [-0.2, -0.15) is 4.31 Å². The number of piperazine rings is 1. The highest BCUT2D eigenvalue weighted by atomic mass is 32.2. The number of nitrogens with zero attached hydrogens (tertiary/aromatic N) is 3. The quantitative estimate of drug-likeness (QED) is 0.506. The highest BCUT2D eigenvalue weighted by molar-refractivity contribution is 7.89. The third-order valence-electron chi connectivity index (χ3n) is 4.74. The predicted octanol–water partition coefficient (Wildman–Crippen LogP) is 2.89. The molecule has 0 aliphatic carbocycles. The fraction of sp³-hybridized carbons (Fsp3) is 0.400. The third kappa shape index (κ3) is 4.92. The molecule has 8 nitrogen and oxygen atoms in total. The van der Waals surface area contributed by atoms with Crippen molar-refractivity contribution in [3.8, 4) is 5.75 Å². The average molecular weight is 420 g/mol. The van der Waals surface area contributed by atoms with Crippen molar-refractivity contribution in [2.45, 2.75) is 31.4 Å². The van der Waals surface area contributed by atoms with Crippen molar-refractivity contribution in [1.82, 2.24) is 9.21 Å². The summed E-state index contributed by atoms with van der Waals surface area (Å²) in [5.74, 6) is 0.831. The van der Waals surface area contributed by atoms with Crippen molar-refractivity contribution >= 4 is 15.7 Å². The van der Waals surface area contributed by atoms with E-state index in [-0.39, 0.29) is 24.1 Å². The molecule has 2 aromatic carbocycles. The molecule has 29 heavy (non-hydrogen) atoms. The Balaban J connectivity index is 1.69. The number of hydrogen-bond acceptors (Lipinski definition) is 6. The lowest BCUT2D eigenvalue weighted by atomic mass is 10.1. The maximum atomic E-state index is 12.9. The number of rotatable bonds is 7. The minimum Gasteiger partial charge on any atom is -0.491 e. The van der Waals surface area contributed by atoms with Crippen LogP contribution in [-0.2, 0) is 16.6 Å². The number of benzene rings is 2. The first-order valence-electron chi connectivity index (χ1n) is 9.49. The molecule has 1 heterocycles. The summed E-state index contributed by atoms with van der Waals surface area (Å²) in [5, 5.41) is 11.2. The van der Waals surface area contributed by atoms with Gasteiger partial charge in [0.25, 0.3) is 5.69 Å². The molecule has 0 atom stereocenters. The largest absolute Gasteiger partial charge is 0.491 e. The van der Waals surface area contributed by atoms with Crippen molar-refractivity contribution in [3.63, 3.8) is 0 Å². The van der Waals surface area contributed by atoms with Crippen LogP contribution in [0.15, 0.2) is 53.4 Å². The Hall–Kier alpha value is -2.49. The summed E-state index contributed by atoms with van der Waals surface area (Å²) in [7, 11) is -3.92. The van der Waals surface area contributed by atoms with E-state index in [1.165, 1.54) is 28.6 Å². The van der Waals surface area contributed by atoms with Gasteiger partial charge in [-0.15, -0.1) is 0 Å². The first kappa shape index (κ1) is 21.2. The highest BCUT2D eigenvalue weighted by Gasteiger charge is 2.33. The van der Waals surface area contributed by atoms with Crippen molar-refractivity contribution in [1.29, 1.82) is 0 Å². The number of sulfonamides is 1. The van der Waals surface area contributed by atoms with E-state index in [2.05, 4.69) is 4.90 Å². The Morgan fingerprint density at radius 1 is 1.03 bits per heavy atom. The molecule has 0 spiro atoms. The molecule has 9 heteroatoms. The van der Waals surface area contributed by atoms with Gasteiger partial charge < -0.3 is 4.74 Å². The van der Waals surface area contributed by atoms with Crippen LogP contribution in [0.2, 0.25) is 0 Å². The molecule has 1 fully saturated rings. The highest BCUT2D eigenvalue weighted by Crippen LogP contribution is 2.27. The lowest BCUT2D eigenvalue weighted by Crippen LogP contribution is -2.48. The number of hydrogen-bond donors (Lipinski definition) is 0. The second-order valence-corrected chi connectivity index (χ2v) is 9.09. The molecule has 3 rings (SSSR count). The van der Waals surface area contributed by atoms with Gasteiger partial charge in [0.2, 0.25) is 10.0 Å². The summed E-state index contributed by atoms with van der Waals surface area (Å²) in [6.45, 7) is 6.24. The molecular formula is C20H25N3O5S. The zero-order valence-corrected chi connectivity index (χ0v) is 17.3. The van der Waals surface area contributed by atoms with Crippen LogP contribution in [0.5, 0.6) is 5.75 Å². The molecule has 0 radical (unpaired) electrons. The van der Waals surface area contributed by atoms with Crippen LogP contribution >= 0.6 is 0 Å². The van der Waals surface area contributed by atoms with E-state index in [0.29, 0.717) is 19.6 Å². The summed E-state index contributed by atoms with van der Waals surface area (Å²) in [6, 6.07) is 13.3. The van der Waals surface area contributed by atoms with Gasteiger partial charge in [0.05, 0.1) is 11.0 Å². The number of ether oxygens (including phenoxy) is 1. The smallest absolute Gasteiger partial charge is 0.289 e. The van der Waals surface area contributed by atoms with Crippen molar-refractivity contribution in [2.75, 3.05) is 26.2 Å². The monoisotopic (exact) mass is 419 g/mol. The average Bonchev–Trinajstić information content (AvgIpc) is 2.69. The fourth-order valence-corrected chi connectivity index (χ4v) is 4.92. The van der Waals surface area contributed by atoms with Gasteiger partial charge in [0.15, 0.2) is 4.90 Å². The van der Waals surface area contributed by atoms with Crippen LogP contribution in [0.25, 0.3) is 0 Å². The maximum absolute atomic E-state index is 12.9. The van der Waals surface area contributed by atoms with Crippen LogP contribution in [0.1, 0.15) is 19.4 Å². The number of nitro groups is 1. The minimum absolute atomic E-state index is 0.0693. The van der Waals surface area contributed by atoms with Gasteiger partial charge in [-0.05, 0) is 26.0 Å². The van der Waals surface area contributed by atoms with Crippen LogP contribution in [-0.4, -0.2) is 54.8 Å². The Bertz CT molecular complexity index is 970.